The first-order chi connectivity index (χ1) is 9.03. The second kappa shape index (κ2) is 8.02. The van der Waals surface area contributed by atoms with Crippen molar-refractivity contribution in [2.75, 3.05) is 18.6 Å². The van der Waals surface area contributed by atoms with Gasteiger partial charge in [0.1, 0.15) is 0 Å². The van der Waals surface area contributed by atoms with Crippen LogP contribution in [0.25, 0.3) is 6.08 Å². The lowest BCUT2D eigenvalue weighted by atomic mass is 10.0. The molecule has 1 aromatic rings. The van der Waals surface area contributed by atoms with Gasteiger partial charge in [-0.25, -0.2) is 0 Å². The Morgan fingerprint density at radius 1 is 1.42 bits per heavy atom. The van der Waals surface area contributed by atoms with Crippen LogP contribution in [0.5, 0.6) is 0 Å². The Balaban J connectivity index is 2.37. The molecule has 0 heterocycles. The molecule has 104 valence electrons. The van der Waals surface area contributed by atoms with Crippen molar-refractivity contribution in [2.45, 2.75) is 18.9 Å². The molecule has 1 unspecified atom stereocenters. The second-order valence-electron chi connectivity index (χ2n) is 4.70. The molecule has 0 radical (unpaired) electrons. The summed E-state index contributed by atoms with van der Waals surface area (Å²) in [5.41, 5.74) is 0.131. The van der Waals surface area contributed by atoms with Gasteiger partial charge < -0.3 is 10.4 Å². The molecule has 0 saturated carbocycles. The summed E-state index contributed by atoms with van der Waals surface area (Å²) in [5.74, 6) is 0.691. The van der Waals surface area contributed by atoms with E-state index in [2.05, 4.69) is 5.32 Å². The number of hydrogen-bond donors (Lipinski definition) is 2. The highest BCUT2D eigenvalue weighted by Gasteiger charge is 2.19. The molecule has 1 aromatic carbocycles. The van der Waals surface area contributed by atoms with Crippen molar-refractivity contribution in [3.63, 3.8) is 0 Å². The van der Waals surface area contributed by atoms with E-state index in [-0.39, 0.29) is 12.5 Å². The summed E-state index contributed by atoms with van der Waals surface area (Å²) in [7, 11) is 0. The van der Waals surface area contributed by atoms with Crippen molar-refractivity contribution in [3.8, 4) is 0 Å². The van der Waals surface area contributed by atoms with E-state index in [1.54, 1.807) is 24.8 Å². The fraction of sp³-hybridized carbons (Fsp3) is 0.400. The number of carbonyl (C=O) groups excluding carboxylic acids is 1. The van der Waals surface area contributed by atoms with E-state index in [4.69, 9.17) is 0 Å². The van der Waals surface area contributed by atoms with Gasteiger partial charge in [-0.1, -0.05) is 30.3 Å². The van der Waals surface area contributed by atoms with Crippen LogP contribution in [0.15, 0.2) is 36.4 Å². The molecule has 1 atom stereocenters. The van der Waals surface area contributed by atoms with Gasteiger partial charge in [0.2, 0.25) is 5.91 Å². The molecule has 2 N–H and O–H groups in total. The molecule has 1 rings (SSSR count). The molecule has 3 nitrogen and oxygen atoms in total. The molecule has 0 spiro atoms. The van der Waals surface area contributed by atoms with Crippen molar-refractivity contribution in [1.29, 1.82) is 0 Å². The quantitative estimate of drug-likeness (QED) is 0.753. The van der Waals surface area contributed by atoms with Crippen LogP contribution in [-0.2, 0) is 4.79 Å². The standard InChI is InChI=1S/C15H21NO2S/c1-15(18,10-11-19-2)12-16-14(17)9-8-13-6-4-3-5-7-13/h3-9,18H,10-12H2,1-2H3,(H,16,17)/b9-8+. The average molecular weight is 279 g/mol. The number of carbonyl (C=O) groups is 1. The third-order valence-electron chi connectivity index (χ3n) is 2.71. The Labute approximate surface area is 119 Å². The Morgan fingerprint density at radius 3 is 2.74 bits per heavy atom. The van der Waals surface area contributed by atoms with Crippen LogP contribution in [0.4, 0.5) is 0 Å². The summed E-state index contributed by atoms with van der Waals surface area (Å²) in [5, 5.41) is 12.7. The minimum Gasteiger partial charge on any atom is -0.388 e. The first-order valence-corrected chi connectivity index (χ1v) is 7.65. The zero-order valence-corrected chi connectivity index (χ0v) is 12.2. The number of amides is 1. The number of rotatable bonds is 7. The topological polar surface area (TPSA) is 49.3 Å². The first-order valence-electron chi connectivity index (χ1n) is 6.26. The monoisotopic (exact) mass is 279 g/mol. The summed E-state index contributed by atoms with van der Waals surface area (Å²) in [6, 6.07) is 9.63. The van der Waals surface area contributed by atoms with Crippen LogP contribution >= 0.6 is 11.8 Å². The lowest BCUT2D eigenvalue weighted by Crippen LogP contribution is -2.40. The van der Waals surface area contributed by atoms with E-state index < -0.39 is 5.60 Å². The van der Waals surface area contributed by atoms with E-state index in [0.29, 0.717) is 6.42 Å². The van der Waals surface area contributed by atoms with E-state index >= 15 is 0 Å². The fourth-order valence-corrected chi connectivity index (χ4v) is 2.13. The molecule has 0 aliphatic heterocycles. The van der Waals surface area contributed by atoms with Crippen molar-refractivity contribution < 1.29 is 9.90 Å². The normalized spacial score (nSPS) is 14.3. The molecule has 0 bridgehead atoms. The molecule has 0 aromatic heterocycles. The first kappa shape index (κ1) is 15.8. The van der Waals surface area contributed by atoms with Crippen molar-refractivity contribution in [3.05, 3.63) is 42.0 Å². The molecular formula is C15H21NO2S. The summed E-state index contributed by atoms with van der Waals surface area (Å²) in [6.45, 7) is 2.01. The van der Waals surface area contributed by atoms with Crippen LogP contribution in [0.3, 0.4) is 0 Å². The van der Waals surface area contributed by atoms with Gasteiger partial charge >= 0.3 is 0 Å². The van der Waals surface area contributed by atoms with E-state index in [1.807, 2.05) is 36.6 Å². The molecular weight excluding hydrogens is 258 g/mol. The highest BCUT2D eigenvalue weighted by molar-refractivity contribution is 7.98. The van der Waals surface area contributed by atoms with Gasteiger partial charge in [-0.15, -0.1) is 0 Å². The van der Waals surface area contributed by atoms with Crippen molar-refractivity contribution in [2.24, 2.45) is 0 Å². The second-order valence-corrected chi connectivity index (χ2v) is 5.69. The van der Waals surface area contributed by atoms with Crippen LogP contribution in [-0.4, -0.2) is 35.2 Å². The minimum atomic E-state index is -0.848. The third-order valence-corrected chi connectivity index (χ3v) is 3.33. The maximum atomic E-state index is 11.6. The van der Waals surface area contributed by atoms with Crippen molar-refractivity contribution in [1.82, 2.24) is 5.32 Å². The van der Waals surface area contributed by atoms with E-state index in [9.17, 15) is 9.90 Å². The maximum absolute atomic E-state index is 11.6. The van der Waals surface area contributed by atoms with Gasteiger partial charge in [0.15, 0.2) is 0 Å². The summed E-state index contributed by atoms with van der Waals surface area (Å²) in [6.07, 6.45) is 5.90. The van der Waals surface area contributed by atoms with Crippen LogP contribution in [0, 0.1) is 0 Å². The number of nitrogens with one attached hydrogen (secondary N) is 1. The summed E-state index contributed by atoms with van der Waals surface area (Å²) < 4.78 is 0. The average Bonchev–Trinajstić information content (AvgIpc) is 2.42. The SMILES string of the molecule is CSCCC(C)(O)CNC(=O)/C=C/c1ccccc1. The minimum absolute atomic E-state index is 0.187. The maximum Gasteiger partial charge on any atom is 0.244 e. The lowest BCUT2D eigenvalue weighted by molar-refractivity contribution is -0.117. The number of benzene rings is 1. The zero-order valence-electron chi connectivity index (χ0n) is 11.4. The Kier molecular flexibility index (Phi) is 6.67. The third kappa shape index (κ3) is 7.03. The molecule has 0 aliphatic rings. The fourth-order valence-electron chi connectivity index (χ4n) is 1.48. The van der Waals surface area contributed by atoms with Gasteiger partial charge in [-0.3, -0.25) is 4.79 Å². The predicted octanol–water partition coefficient (Wildman–Crippen LogP) is 2.32. The number of aliphatic hydroxyl groups is 1. The molecule has 0 saturated heterocycles. The molecule has 4 heteroatoms. The number of thioether (sulfide) groups is 1. The molecule has 19 heavy (non-hydrogen) atoms. The molecule has 1 amide bonds. The van der Waals surface area contributed by atoms with E-state index in [1.165, 1.54) is 6.08 Å². The van der Waals surface area contributed by atoms with Crippen LogP contribution < -0.4 is 5.32 Å². The Morgan fingerprint density at radius 2 is 2.11 bits per heavy atom. The van der Waals surface area contributed by atoms with Gasteiger partial charge in [-0.05, 0) is 37.0 Å². The van der Waals surface area contributed by atoms with E-state index in [0.717, 1.165) is 11.3 Å². The van der Waals surface area contributed by atoms with Crippen LogP contribution in [0.1, 0.15) is 18.9 Å². The Hall–Kier alpha value is -1.26. The van der Waals surface area contributed by atoms with Gasteiger partial charge in [0.25, 0.3) is 0 Å². The predicted molar refractivity (Wildman–Crippen MR) is 82.1 cm³/mol. The highest BCUT2D eigenvalue weighted by Crippen LogP contribution is 2.11. The smallest absolute Gasteiger partial charge is 0.244 e. The molecule has 0 aliphatic carbocycles. The Bertz CT molecular complexity index is 415. The van der Waals surface area contributed by atoms with Gasteiger partial charge in [0.05, 0.1) is 5.60 Å². The van der Waals surface area contributed by atoms with Gasteiger partial charge in [-0.2, -0.15) is 11.8 Å². The lowest BCUT2D eigenvalue weighted by Gasteiger charge is -2.22. The largest absolute Gasteiger partial charge is 0.388 e. The zero-order chi connectivity index (χ0) is 14.1. The molecule has 0 fully saturated rings. The summed E-state index contributed by atoms with van der Waals surface area (Å²) in [4.78, 5) is 11.6. The highest BCUT2D eigenvalue weighted by atomic mass is 32.2. The van der Waals surface area contributed by atoms with Crippen molar-refractivity contribution >= 4 is 23.7 Å². The summed E-state index contributed by atoms with van der Waals surface area (Å²) >= 11 is 1.68. The van der Waals surface area contributed by atoms with Gasteiger partial charge in [0, 0.05) is 12.6 Å². The van der Waals surface area contributed by atoms with Crippen LogP contribution in [0.2, 0.25) is 0 Å². The number of hydrogen-bond acceptors (Lipinski definition) is 3.